The minimum absolute atomic E-state index is 0.0742. The van der Waals surface area contributed by atoms with Crippen LogP contribution in [0.25, 0.3) is 0 Å². The van der Waals surface area contributed by atoms with Crippen LogP contribution in [0.4, 0.5) is 5.69 Å². The second kappa shape index (κ2) is 6.22. The number of aromatic nitrogens is 4. The van der Waals surface area contributed by atoms with Crippen LogP contribution < -0.4 is 4.90 Å². The van der Waals surface area contributed by atoms with E-state index >= 15 is 0 Å². The number of amides is 1. The second-order valence-corrected chi connectivity index (χ2v) is 7.26. The van der Waals surface area contributed by atoms with Gasteiger partial charge in [-0.1, -0.05) is 23.4 Å². The highest BCUT2D eigenvalue weighted by atomic mass is 16.3. The van der Waals surface area contributed by atoms with E-state index in [2.05, 4.69) is 56.7 Å². The van der Waals surface area contributed by atoms with Gasteiger partial charge in [0.15, 0.2) is 11.6 Å². The maximum absolute atomic E-state index is 12.9. The Morgan fingerprint density at radius 1 is 1.30 bits per heavy atom. The fourth-order valence-corrected chi connectivity index (χ4v) is 4.00. The number of fused-ring (bicyclic) bond motifs is 1. The van der Waals surface area contributed by atoms with Gasteiger partial charge in [-0.3, -0.25) is 4.79 Å². The largest absolute Gasteiger partial charge is 0.459 e. The number of hydrogen-bond donors (Lipinski definition) is 1. The molecular weight excluding hydrogens is 344 g/mol. The lowest BCUT2D eigenvalue weighted by molar-refractivity contribution is 0.0560. The molecule has 1 N–H and O–H groups in total. The molecule has 1 atom stereocenters. The van der Waals surface area contributed by atoms with E-state index in [1.165, 1.54) is 11.3 Å². The Morgan fingerprint density at radius 3 is 2.96 bits per heavy atom. The lowest BCUT2D eigenvalue weighted by Crippen LogP contribution is -2.49. The zero-order valence-corrected chi connectivity index (χ0v) is 15.0. The molecule has 0 bridgehead atoms. The highest BCUT2D eigenvalue weighted by Gasteiger charge is 2.37. The number of rotatable bonds is 4. The van der Waals surface area contributed by atoms with Gasteiger partial charge in [-0.05, 0) is 31.0 Å². The van der Waals surface area contributed by atoms with E-state index in [9.17, 15) is 4.79 Å². The van der Waals surface area contributed by atoms with Gasteiger partial charge in [0.1, 0.15) is 0 Å². The van der Waals surface area contributed by atoms with Gasteiger partial charge in [0, 0.05) is 36.9 Å². The Bertz CT molecular complexity index is 960. The van der Waals surface area contributed by atoms with E-state index in [1.807, 2.05) is 6.07 Å². The first-order valence-electron chi connectivity index (χ1n) is 9.14. The Hall–Kier alpha value is -3.16. The number of hydrogen-bond acceptors (Lipinski definition) is 6. The van der Waals surface area contributed by atoms with Crippen LogP contribution in [0, 0.1) is 0 Å². The monoisotopic (exact) mass is 364 g/mol. The molecule has 0 saturated carbocycles. The second-order valence-electron chi connectivity index (χ2n) is 7.26. The molecular formula is C19H20N6O2. The van der Waals surface area contributed by atoms with Gasteiger partial charge in [0.2, 0.25) is 0 Å². The summed E-state index contributed by atoms with van der Waals surface area (Å²) in [7, 11) is 0. The summed E-state index contributed by atoms with van der Waals surface area (Å²) in [6.07, 6.45) is 2.63. The van der Waals surface area contributed by atoms with Crippen LogP contribution >= 0.6 is 0 Å². The van der Waals surface area contributed by atoms with Crippen molar-refractivity contribution in [2.45, 2.75) is 31.8 Å². The minimum Gasteiger partial charge on any atom is -0.459 e. The number of tetrazole rings is 1. The molecule has 1 saturated heterocycles. The molecule has 8 heteroatoms. The van der Waals surface area contributed by atoms with Crippen molar-refractivity contribution in [3.05, 3.63) is 59.3 Å². The number of furan rings is 1. The maximum atomic E-state index is 12.9. The molecule has 0 radical (unpaired) electrons. The number of benzene rings is 1. The molecule has 1 amide bonds. The van der Waals surface area contributed by atoms with Crippen molar-refractivity contribution in [3.63, 3.8) is 0 Å². The number of likely N-dealkylation sites (tertiary alicyclic amines) is 1. The number of anilines is 1. The summed E-state index contributed by atoms with van der Waals surface area (Å²) in [5.74, 6) is 1.14. The Labute approximate surface area is 156 Å². The first kappa shape index (κ1) is 16.0. The summed E-state index contributed by atoms with van der Waals surface area (Å²) in [4.78, 5) is 17.0. The zero-order chi connectivity index (χ0) is 18.4. The van der Waals surface area contributed by atoms with Crippen LogP contribution in [0.1, 0.15) is 40.3 Å². The van der Waals surface area contributed by atoms with Crippen molar-refractivity contribution in [1.82, 2.24) is 25.5 Å². The van der Waals surface area contributed by atoms with Crippen LogP contribution in [0.3, 0.4) is 0 Å². The quantitative estimate of drug-likeness (QED) is 0.761. The number of aromatic amines is 1. The summed E-state index contributed by atoms with van der Waals surface area (Å²) >= 11 is 0. The maximum Gasteiger partial charge on any atom is 0.289 e. The topological polar surface area (TPSA) is 91.2 Å². The first-order valence-corrected chi connectivity index (χ1v) is 9.14. The lowest BCUT2D eigenvalue weighted by Gasteiger charge is -2.37. The average Bonchev–Trinajstić information content (AvgIpc) is 3.35. The Balaban J connectivity index is 1.31. The lowest BCUT2D eigenvalue weighted by atomic mass is 9.99. The third-order valence-electron chi connectivity index (χ3n) is 5.53. The van der Waals surface area contributed by atoms with Gasteiger partial charge in [-0.25, -0.2) is 0 Å². The fourth-order valence-electron chi connectivity index (χ4n) is 4.00. The number of carbonyl (C=O) groups excluding carboxylic acids is 1. The van der Waals surface area contributed by atoms with Crippen LogP contribution in [0.15, 0.2) is 41.0 Å². The molecule has 1 unspecified atom stereocenters. The van der Waals surface area contributed by atoms with Gasteiger partial charge >= 0.3 is 0 Å². The van der Waals surface area contributed by atoms with Crippen LogP contribution in [-0.2, 0) is 13.0 Å². The Kier molecular flexibility index (Phi) is 3.70. The van der Waals surface area contributed by atoms with Crippen LogP contribution in [0.2, 0.25) is 0 Å². The summed E-state index contributed by atoms with van der Waals surface area (Å²) in [5, 5.41) is 14.0. The van der Waals surface area contributed by atoms with Gasteiger partial charge in [-0.2, -0.15) is 5.21 Å². The van der Waals surface area contributed by atoms with Gasteiger partial charge < -0.3 is 14.2 Å². The molecule has 0 spiro atoms. The van der Waals surface area contributed by atoms with Crippen LogP contribution in [-0.4, -0.2) is 50.6 Å². The highest BCUT2D eigenvalue weighted by Crippen LogP contribution is 2.34. The van der Waals surface area contributed by atoms with Gasteiger partial charge in [-0.15, -0.1) is 10.2 Å². The smallest absolute Gasteiger partial charge is 0.289 e. The third-order valence-corrected chi connectivity index (χ3v) is 5.53. The predicted octanol–water partition coefficient (Wildman–Crippen LogP) is 1.98. The van der Waals surface area contributed by atoms with Crippen molar-refractivity contribution < 1.29 is 9.21 Å². The number of nitrogens with zero attached hydrogens (tertiary/aromatic N) is 5. The number of nitrogens with one attached hydrogen (secondary N) is 1. The van der Waals surface area contributed by atoms with E-state index in [0.29, 0.717) is 37.3 Å². The molecule has 1 fully saturated rings. The van der Waals surface area contributed by atoms with Crippen molar-refractivity contribution in [1.29, 1.82) is 0 Å². The normalized spacial score (nSPS) is 19.2. The fraction of sp³-hybridized carbons (Fsp3) is 0.368. The van der Waals surface area contributed by atoms with E-state index in [1.54, 1.807) is 11.2 Å². The molecule has 2 aliphatic heterocycles. The molecule has 138 valence electrons. The van der Waals surface area contributed by atoms with Crippen LogP contribution in [0.5, 0.6) is 0 Å². The molecule has 2 aromatic heterocycles. The molecule has 4 heterocycles. The SMILES string of the molecule is CC1Cc2ccccc2N1Cc1ccoc1C(=O)N1CC(c2nn[nH]n2)C1. The average molecular weight is 364 g/mol. The number of carbonyl (C=O) groups is 1. The highest BCUT2D eigenvalue weighted by molar-refractivity contribution is 5.93. The summed E-state index contributed by atoms with van der Waals surface area (Å²) < 4.78 is 5.58. The summed E-state index contributed by atoms with van der Waals surface area (Å²) in [6.45, 7) is 4.05. The van der Waals surface area contributed by atoms with E-state index in [4.69, 9.17) is 4.42 Å². The van der Waals surface area contributed by atoms with Crippen molar-refractivity contribution in [2.75, 3.05) is 18.0 Å². The summed E-state index contributed by atoms with van der Waals surface area (Å²) in [5.41, 5.74) is 3.52. The molecule has 1 aromatic carbocycles. The van der Waals surface area contributed by atoms with Gasteiger partial charge in [0.05, 0.1) is 12.2 Å². The van der Waals surface area contributed by atoms with Crippen molar-refractivity contribution in [2.24, 2.45) is 0 Å². The Morgan fingerprint density at radius 2 is 2.15 bits per heavy atom. The molecule has 8 nitrogen and oxygen atoms in total. The van der Waals surface area contributed by atoms with Crippen molar-refractivity contribution >= 4 is 11.6 Å². The molecule has 3 aromatic rings. The zero-order valence-electron chi connectivity index (χ0n) is 15.0. The van der Waals surface area contributed by atoms with E-state index in [0.717, 1.165) is 12.0 Å². The third kappa shape index (κ3) is 2.68. The molecule has 2 aliphatic rings. The summed E-state index contributed by atoms with van der Waals surface area (Å²) in [6, 6.07) is 10.7. The van der Waals surface area contributed by atoms with Crippen molar-refractivity contribution in [3.8, 4) is 0 Å². The molecule has 5 rings (SSSR count). The van der Waals surface area contributed by atoms with E-state index in [-0.39, 0.29) is 11.8 Å². The molecule has 0 aliphatic carbocycles. The standard InChI is InChI=1S/C19H20N6O2/c1-12-8-13-4-2-3-5-16(13)25(12)11-14-6-7-27-17(14)19(26)24-9-15(10-24)18-20-22-23-21-18/h2-7,12,15H,8-11H2,1H3,(H,20,21,22,23). The number of H-pyrrole nitrogens is 1. The van der Waals surface area contributed by atoms with E-state index < -0.39 is 0 Å². The molecule has 27 heavy (non-hydrogen) atoms. The minimum atomic E-state index is -0.0742. The first-order chi connectivity index (χ1) is 13.2. The van der Waals surface area contributed by atoms with Gasteiger partial charge in [0.25, 0.3) is 5.91 Å². The predicted molar refractivity (Wildman–Crippen MR) is 97.3 cm³/mol. The number of para-hydroxylation sites is 1.